The summed E-state index contributed by atoms with van der Waals surface area (Å²) in [5.74, 6) is 0.235. The van der Waals surface area contributed by atoms with E-state index in [2.05, 4.69) is 0 Å². The van der Waals surface area contributed by atoms with E-state index in [4.69, 9.17) is 10.2 Å². The number of nitrogens with zero attached hydrogens (tertiary/aromatic N) is 1. The van der Waals surface area contributed by atoms with Crippen LogP contribution >= 0.6 is 0 Å². The molecule has 1 atom stereocenters. The SMILES string of the molecule is CC(CN)N(C)C(=O)c1ccc(-c2ccc(F)cc2)o1. The second kappa shape index (κ2) is 5.88. The number of rotatable bonds is 4. The van der Waals surface area contributed by atoms with Crippen molar-refractivity contribution in [1.82, 2.24) is 4.90 Å². The number of halogens is 1. The molecule has 0 saturated carbocycles. The molecule has 0 aliphatic heterocycles. The van der Waals surface area contributed by atoms with Crippen molar-refractivity contribution < 1.29 is 13.6 Å². The summed E-state index contributed by atoms with van der Waals surface area (Å²) in [5.41, 5.74) is 6.26. The maximum Gasteiger partial charge on any atom is 0.289 e. The van der Waals surface area contributed by atoms with Crippen molar-refractivity contribution in [3.05, 3.63) is 48.0 Å². The van der Waals surface area contributed by atoms with Gasteiger partial charge >= 0.3 is 0 Å². The lowest BCUT2D eigenvalue weighted by molar-refractivity contribution is 0.0717. The number of likely N-dealkylation sites (N-methyl/N-ethyl adjacent to an activating group) is 1. The fourth-order valence-corrected chi connectivity index (χ4v) is 1.75. The van der Waals surface area contributed by atoms with Gasteiger partial charge < -0.3 is 15.1 Å². The first-order valence-corrected chi connectivity index (χ1v) is 6.36. The van der Waals surface area contributed by atoms with Gasteiger partial charge in [-0.1, -0.05) is 0 Å². The van der Waals surface area contributed by atoms with Crippen LogP contribution in [0, 0.1) is 5.82 Å². The Labute approximate surface area is 117 Å². The minimum atomic E-state index is -0.312. The minimum Gasteiger partial charge on any atom is -0.451 e. The lowest BCUT2D eigenvalue weighted by atomic mass is 10.2. The highest BCUT2D eigenvalue weighted by Crippen LogP contribution is 2.23. The van der Waals surface area contributed by atoms with E-state index in [-0.39, 0.29) is 23.5 Å². The van der Waals surface area contributed by atoms with Crippen LogP contribution in [0.3, 0.4) is 0 Å². The third-order valence-corrected chi connectivity index (χ3v) is 3.27. The summed E-state index contributed by atoms with van der Waals surface area (Å²) >= 11 is 0. The second-order valence-corrected chi connectivity index (χ2v) is 4.67. The van der Waals surface area contributed by atoms with Gasteiger partial charge in [-0.05, 0) is 43.3 Å². The Kier molecular flexibility index (Phi) is 4.20. The molecule has 2 aromatic rings. The lowest BCUT2D eigenvalue weighted by Gasteiger charge is -2.22. The van der Waals surface area contributed by atoms with Crippen LogP contribution < -0.4 is 5.73 Å². The first-order chi connectivity index (χ1) is 9.52. The number of furan rings is 1. The molecule has 0 radical (unpaired) electrons. The molecule has 20 heavy (non-hydrogen) atoms. The summed E-state index contributed by atoms with van der Waals surface area (Å²) in [4.78, 5) is 13.7. The number of nitrogens with two attached hydrogens (primary N) is 1. The van der Waals surface area contributed by atoms with Gasteiger partial charge in [-0.15, -0.1) is 0 Å². The standard InChI is InChI=1S/C15H17FN2O2/c1-10(9-17)18(2)15(19)14-8-7-13(20-14)11-3-5-12(16)6-4-11/h3-8,10H,9,17H2,1-2H3. The Morgan fingerprint density at radius 1 is 1.30 bits per heavy atom. The summed E-state index contributed by atoms with van der Waals surface area (Å²) in [5, 5.41) is 0. The highest BCUT2D eigenvalue weighted by atomic mass is 19.1. The Bertz CT molecular complexity index is 592. The van der Waals surface area contributed by atoms with E-state index in [9.17, 15) is 9.18 Å². The molecule has 2 N–H and O–H groups in total. The smallest absolute Gasteiger partial charge is 0.289 e. The number of hydrogen-bond acceptors (Lipinski definition) is 3. The Hall–Kier alpha value is -2.14. The van der Waals surface area contributed by atoms with Crippen LogP contribution in [0.2, 0.25) is 0 Å². The van der Waals surface area contributed by atoms with E-state index >= 15 is 0 Å². The fraction of sp³-hybridized carbons (Fsp3) is 0.267. The fourth-order valence-electron chi connectivity index (χ4n) is 1.75. The van der Waals surface area contributed by atoms with E-state index in [1.54, 1.807) is 31.3 Å². The van der Waals surface area contributed by atoms with Crippen LogP contribution in [0.15, 0.2) is 40.8 Å². The molecule has 1 aromatic heterocycles. The molecule has 0 fully saturated rings. The number of amides is 1. The van der Waals surface area contributed by atoms with Crippen LogP contribution in [0.4, 0.5) is 4.39 Å². The third-order valence-electron chi connectivity index (χ3n) is 3.27. The van der Waals surface area contributed by atoms with Gasteiger partial charge in [-0.2, -0.15) is 0 Å². The van der Waals surface area contributed by atoms with E-state index in [1.165, 1.54) is 17.0 Å². The molecular weight excluding hydrogens is 259 g/mol. The van der Waals surface area contributed by atoms with Crippen molar-refractivity contribution >= 4 is 5.91 Å². The summed E-state index contributed by atoms with van der Waals surface area (Å²) < 4.78 is 18.4. The first-order valence-electron chi connectivity index (χ1n) is 6.36. The first kappa shape index (κ1) is 14.3. The van der Waals surface area contributed by atoms with Crippen molar-refractivity contribution in [3.63, 3.8) is 0 Å². The minimum absolute atomic E-state index is 0.0677. The van der Waals surface area contributed by atoms with Gasteiger partial charge in [0, 0.05) is 25.2 Å². The molecule has 0 aliphatic carbocycles. The highest BCUT2D eigenvalue weighted by molar-refractivity contribution is 5.92. The normalized spacial score (nSPS) is 12.2. The van der Waals surface area contributed by atoms with E-state index in [0.29, 0.717) is 12.3 Å². The topological polar surface area (TPSA) is 59.5 Å². The molecule has 1 unspecified atom stereocenters. The molecule has 1 heterocycles. The van der Waals surface area contributed by atoms with Gasteiger partial charge in [-0.3, -0.25) is 4.79 Å². The number of benzene rings is 1. The summed E-state index contributed by atoms with van der Waals surface area (Å²) in [6, 6.07) is 9.15. The van der Waals surface area contributed by atoms with Gasteiger partial charge in [0.1, 0.15) is 11.6 Å². The van der Waals surface area contributed by atoms with Crippen molar-refractivity contribution in [3.8, 4) is 11.3 Å². The molecule has 106 valence electrons. The van der Waals surface area contributed by atoms with Gasteiger partial charge in [-0.25, -0.2) is 4.39 Å². The zero-order valence-electron chi connectivity index (χ0n) is 11.5. The molecule has 1 amide bonds. The van der Waals surface area contributed by atoms with Crippen molar-refractivity contribution in [2.45, 2.75) is 13.0 Å². The van der Waals surface area contributed by atoms with E-state index in [1.807, 2.05) is 6.92 Å². The zero-order valence-corrected chi connectivity index (χ0v) is 11.5. The van der Waals surface area contributed by atoms with Crippen LogP contribution in [-0.4, -0.2) is 30.4 Å². The van der Waals surface area contributed by atoms with Gasteiger partial charge in [0.15, 0.2) is 5.76 Å². The maximum absolute atomic E-state index is 12.9. The van der Waals surface area contributed by atoms with Crippen LogP contribution in [-0.2, 0) is 0 Å². The van der Waals surface area contributed by atoms with Gasteiger partial charge in [0.25, 0.3) is 5.91 Å². The number of carbonyl (C=O) groups excluding carboxylic acids is 1. The quantitative estimate of drug-likeness (QED) is 0.933. The average molecular weight is 276 g/mol. The molecule has 0 bridgehead atoms. The van der Waals surface area contributed by atoms with Crippen molar-refractivity contribution in [2.24, 2.45) is 5.73 Å². The van der Waals surface area contributed by atoms with Crippen LogP contribution in [0.25, 0.3) is 11.3 Å². The molecular formula is C15H17FN2O2. The molecule has 5 heteroatoms. The summed E-state index contributed by atoms with van der Waals surface area (Å²) in [7, 11) is 1.68. The zero-order chi connectivity index (χ0) is 14.7. The molecule has 0 saturated heterocycles. The van der Waals surface area contributed by atoms with Gasteiger partial charge in [0.05, 0.1) is 0 Å². The summed E-state index contributed by atoms with van der Waals surface area (Å²) in [6.45, 7) is 2.25. The van der Waals surface area contributed by atoms with E-state index in [0.717, 1.165) is 5.56 Å². The second-order valence-electron chi connectivity index (χ2n) is 4.67. The molecule has 0 aliphatic rings. The Balaban J connectivity index is 2.20. The average Bonchev–Trinajstić information content (AvgIpc) is 2.95. The Morgan fingerprint density at radius 3 is 2.55 bits per heavy atom. The van der Waals surface area contributed by atoms with E-state index < -0.39 is 0 Å². The van der Waals surface area contributed by atoms with Crippen LogP contribution in [0.1, 0.15) is 17.5 Å². The largest absolute Gasteiger partial charge is 0.451 e. The van der Waals surface area contributed by atoms with Gasteiger partial charge in [0.2, 0.25) is 0 Å². The number of hydrogen-bond donors (Lipinski definition) is 1. The number of carbonyl (C=O) groups is 1. The molecule has 0 spiro atoms. The summed E-state index contributed by atoms with van der Waals surface area (Å²) in [6.07, 6.45) is 0. The predicted octanol–water partition coefficient (Wildman–Crippen LogP) is 2.50. The maximum atomic E-state index is 12.9. The lowest BCUT2D eigenvalue weighted by Crippen LogP contribution is -2.39. The highest BCUT2D eigenvalue weighted by Gasteiger charge is 2.19. The monoisotopic (exact) mass is 276 g/mol. The predicted molar refractivity (Wildman–Crippen MR) is 74.7 cm³/mol. The molecule has 1 aromatic carbocycles. The Morgan fingerprint density at radius 2 is 1.95 bits per heavy atom. The third kappa shape index (κ3) is 2.88. The molecule has 4 nitrogen and oxygen atoms in total. The van der Waals surface area contributed by atoms with Crippen molar-refractivity contribution in [1.29, 1.82) is 0 Å². The molecule has 2 rings (SSSR count). The van der Waals surface area contributed by atoms with Crippen LogP contribution in [0.5, 0.6) is 0 Å². The van der Waals surface area contributed by atoms with Crippen molar-refractivity contribution in [2.75, 3.05) is 13.6 Å².